The van der Waals surface area contributed by atoms with Crippen molar-refractivity contribution in [3.63, 3.8) is 0 Å². The number of pyridine rings is 3. The molecule has 7 aromatic carbocycles. The molecule has 0 aliphatic rings. The fourth-order valence-corrected chi connectivity index (χ4v) is 7.35. The minimum atomic E-state index is 0.876. The Labute approximate surface area is 307 Å². The third kappa shape index (κ3) is 5.73. The van der Waals surface area contributed by atoms with E-state index in [1.165, 1.54) is 16.2 Å². The molecule has 4 heteroatoms. The van der Waals surface area contributed by atoms with Crippen molar-refractivity contribution >= 4 is 60.5 Å². The van der Waals surface area contributed by atoms with Crippen LogP contribution < -0.4 is 4.90 Å². The Morgan fingerprint density at radius 3 is 1.75 bits per heavy atom. The SMILES string of the molecule is c1ccc(-c2cc(-c3ccc(N(c4ccc5ccccc5c4)c4ccc5cc(-c6ccc7ccccc7n6)ccc5c4)cc3)nc3cccnc23)cc1. The number of para-hydroxylation sites is 1. The molecular formula is C49H32N4. The highest BCUT2D eigenvalue weighted by Crippen LogP contribution is 2.39. The molecule has 248 valence electrons. The predicted octanol–water partition coefficient (Wildman–Crippen LogP) is 13.0. The maximum absolute atomic E-state index is 5.05. The first kappa shape index (κ1) is 30.6. The average molecular weight is 677 g/mol. The number of hydrogen-bond acceptors (Lipinski definition) is 4. The molecule has 10 aromatic rings. The summed E-state index contributed by atoms with van der Waals surface area (Å²) >= 11 is 0. The minimum absolute atomic E-state index is 0.876. The summed E-state index contributed by atoms with van der Waals surface area (Å²) in [7, 11) is 0. The number of nitrogens with zero attached hydrogens (tertiary/aromatic N) is 4. The zero-order valence-corrected chi connectivity index (χ0v) is 28.8. The van der Waals surface area contributed by atoms with Crippen LogP contribution >= 0.6 is 0 Å². The number of anilines is 3. The zero-order valence-electron chi connectivity index (χ0n) is 28.8. The van der Waals surface area contributed by atoms with Gasteiger partial charge in [-0.1, -0.05) is 115 Å². The van der Waals surface area contributed by atoms with E-state index in [1.54, 1.807) is 0 Å². The van der Waals surface area contributed by atoms with Gasteiger partial charge in [0.1, 0.15) is 0 Å². The molecule has 0 aliphatic carbocycles. The van der Waals surface area contributed by atoms with Crippen molar-refractivity contribution in [2.24, 2.45) is 0 Å². The maximum atomic E-state index is 5.05. The van der Waals surface area contributed by atoms with Gasteiger partial charge in [-0.15, -0.1) is 0 Å². The van der Waals surface area contributed by atoms with Gasteiger partial charge in [-0.05, 0) is 99.9 Å². The number of aromatic nitrogens is 3. The van der Waals surface area contributed by atoms with Crippen LogP contribution in [0.4, 0.5) is 17.1 Å². The van der Waals surface area contributed by atoms with E-state index in [0.29, 0.717) is 0 Å². The highest BCUT2D eigenvalue weighted by Gasteiger charge is 2.16. The number of benzene rings is 7. The van der Waals surface area contributed by atoms with E-state index in [4.69, 9.17) is 15.0 Å². The summed E-state index contributed by atoms with van der Waals surface area (Å²) in [6.45, 7) is 0. The molecule has 0 spiro atoms. The monoisotopic (exact) mass is 676 g/mol. The third-order valence-electron chi connectivity index (χ3n) is 10.0. The lowest BCUT2D eigenvalue weighted by Crippen LogP contribution is -2.10. The smallest absolute Gasteiger partial charge is 0.0965 e. The van der Waals surface area contributed by atoms with Gasteiger partial charge in [0, 0.05) is 45.3 Å². The lowest BCUT2D eigenvalue weighted by Gasteiger charge is -2.26. The van der Waals surface area contributed by atoms with Gasteiger partial charge in [-0.3, -0.25) is 4.98 Å². The number of fused-ring (bicyclic) bond motifs is 4. The van der Waals surface area contributed by atoms with Gasteiger partial charge in [0.2, 0.25) is 0 Å². The molecule has 4 nitrogen and oxygen atoms in total. The maximum Gasteiger partial charge on any atom is 0.0965 e. The van der Waals surface area contributed by atoms with Crippen LogP contribution in [0.1, 0.15) is 0 Å². The van der Waals surface area contributed by atoms with E-state index < -0.39 is 0 Å². The highest BCUT2D eigenvalue weighted by atomic mass is 15.1. The lowest BCUT2D eigenvalue weighted by molar-refractivity contribution is 1.29. The molecule has 0 saturated heterocycles. The number of hydrogen-bond donors (Lipinski definition) is 0. The van der Waals surface area contributed by atoms with Crippen molar-refractivity contribution in [1.29, 1.82) is 0 Å². The average Bonchev–Trinajstić information content (AvgIpc) is 3.23. The highest BCUT2D eigenvalue weighted by molar-refractivity contribution is 5.96. The zero-order chi connectivity index (χ0) is 35.1. The van der Waals surface area contributed by atoms with Crippen LogP contribution in [0.25, 0.3) is 77.1 Å². The second-order valence-electron chi connectivity index (χ2n) is 13.3. The standard InChI is InChI=1S/C49H32N4/c1-2-10-34(11-3-1)44-32-48(52-47-15-8-28-50-49(44)47)36-19-23-41(24-20-36)53(42-25-18-33-9-4-5-13-37(33)30-42)43-26-21-38-29-40(17-16-39(38)31-43)46-27-22-35-12-6-7-14-45(35)51-46/h1-32H. The van der Waals surface area contributed by atoms with Crippen molar-refractivity contribution in [2.45, 2.75) is 0 Å². The lowest BCUT2D eigenvalue weighted by atomic mass is 10.0. The Bertz CT molecular complexity index is 2950. The van der Waals surface area contributed by atoms with Gasteiger partial charge in [-0.2, -0.15) is 0 Å². The van der Waals surface area contributed by atoms with E-state index in [-0.39, 0.29) is 0 Å². The molecule has 0 radical (unpaired) electrons. The van der Waals surface area contributed by atoms with Crippen molar-refractivity contribution in [1.82, 2.24) is 15.0 Å². The summed E-state index contributed by atoms with van der Waals surface area (Å²) < 4.78 is 0. The van der Waals surface area contributed by atoms with Crippen LogP contribution in [-0.4, -0.2) is 15.0 Å². The van der Waals surface area contributed by atoms with Gasteiger partial charge in [0.05, 0.1) is 27.9 Å². The van der Waals surface area contributed by atoms with Crippen molar-refractivity contribution < 1.29 is 0 Å². The van der Waals surface area contributed by atoms with Crippen LogP contribution in [0.2, 0.25) is 0 Å². The molecule has 3 heterocycles. The van der Waals surface area contributed by atoms with Crippen molar-refractivity contribution in [3.8, 4) is 33.6 Å². The minimum Gasteiger partial charge on any atom is -0.310 e. The summed E-state index contributed by atoms with van der Waals surface area (Å²) in [5.41, 5.74) is 12.2. The Morgan fingerprint density at radius 1 is 0.340 bits per heavy atom. The van der Waals surface area contributed by atoms with Crippen molar-refractivity contribution in [2.75, 3.05) is 4.90 Å². The van der Waals surface area contributed by atoms with Crippen LogP contribution in [0, 0.1) is 0 Å². The van der Waals surface area contributed by atoms with E-state index in [0.717, 1.165) is 78.0 Å². The van der Waals surface area contributed by atoms with E-state index in [9.17, 15) is 0 Å². The fraction of sp³-hybridized carbons (Fsp3) is 0. The van der Waals surface area contributed by atoms with E-state index >= 15 is 0 Å². The van der Waals surface area contributed by atoms with Crippen LogP contribution in [-0.2, 0) is 0 Å². The normalized spacial score (nSPS) is 11.4. The Hall–Kier alpha value is -7.17. The molecule has 0 unspecified atom stereocenters. The first-order valence-corrected chi connectivity index (χ1v) is 17.8. The molecule has 53 heavy (non-hydrogen) atoms. The van der Waals surface area contributed by atoms with Gasteiger partial charge < -0.3 is 4.90 Å². The Kier molecular flexibility index (Phi) is 7.43. The van der Waals surface area contributed by atoms with E-state index in [2.05, 4.69) is 169 Å². The summed E-state index contributed by atoms with van der Waals surface area (Å²) in [5.74, 6) is 0. The largest absolute Gasteiger partial charge is 0.310 e. The van der Waals surface area contributed by atoms with Gasteiger partial charge in [-0.25, -0.2) is 9.97 Å². The molecule has 3 aromatic heterocycles. The molecular weight excluding hydrogens is 645 g/mol. The Morgan fingerprint density at radius 2 is 0.925 bits per heavy atom. The first-order valence-electron chi connectivity index (χ1n) is 17.8. The van der Waals surface area contributed by atoms with Gasteiger partial charge in [0.15, 0.2) is 0 Å². The Balaban J connectivity index is 1.06. The quantitative estimate of drug-likeness (QED) is 0.176. The summed E-state index contributed by atoms with van der Waals surface area (Å²) in [4.78, 5) is 17.0. The van der Waals surface area contributed by atoms with E-state index in [1.807, 2.05) is 30.5 Å². The second kappa shape index (κ2) is 12.9. The number of rotatable bonds is 6. The molecule has 0 atom stereocenters. The third-order valence-corrected chi connectivity index (χ3v) is 10.0. The predicted molar refractivity (Wildman–Crippen MR) is 221 cm³/mol. The molecule has 0 amide bonds. The van der Waals surface area contributed by atoms with Gasteiger partial charge in [0.25, 0.3) is 0 Å². The van der Waals surface area contributed by atoms with Gasteiger partial charge >= 0.3 is 0 Å². The van der Waals surface area contributed by atoms with Crippen LogP contribution in [0.3, 0.4) is 0 Å². The molecule has 0 bridgehead atoms. The second-order valence-corrected chi connectivity index (χ2v) is 13.3. The summed E-state index contributed by atoms with van der Waals surface area (Å²) in [6.07, 6.45) is 1.83. The first-order chi connectivity index (χ1) is 26.2. The molecule has 10 rings (SSSR count). The molecule has 0 saturated carbocycles. The van der Waals surface area contributed by atoms with Crippen LogP contribution in [0.15, 0.2) is 194 Å². The topological polar surface area (TPSA) is 41.9 Å². The molecule has 0 N–H and O–H groups in total. The fourth-order valence-electron chi connectivity index (χ4n) is 7.35. The molecule has 0 aliphatic heterocycles. The summed E-state index contributed by atoms with van der Waals surface area (Å²) in [6, 6.07) is 66.3. The van der Waals surface area contributed by atoms with Crippen molar-refractivity contribution in [3.05, 3.63) is 194 Å². The summed E-state index contributed by atoms with van der Waals surface area (Å²) in [5, 5.41) is 5.89. The van der Waals surface area contributed by atoms with Crippen LogP contribution in [0.5, 0.6) is 0 Å². The molecule has 0 fully saturated rings.